The molecule has 0 saturated heterocycles. The zero-order valence-electron chi connectivity index (χ0n) is 16.0. The SMILES string of the molecule is C[C@H](NC(=O)COC(=O)C(c1ccccc1)c1ccccc1)c1cccc(Cl)c1. The zero-order valence-corrected chi connectivity index (χ0v) is 16.8. The molecule has 1 N–H and O–H groups in total. The van der Waals surface area contributed by atoms with E-state index in [2.05, 4.69) is 5.32 Å². The largest absolute Gasteiger partial charge is 0.455 e. The molecule has 5 heteroatoms. The molecule has 0 saturated carbocycles. The van der Waals surface area contributed by atoms with Crippen molar-refractivity contribution in [2.45, 2.75) is 18.9 Å². The van der Waals surface area contributed by atoms with Crippen molar-refractivity contribution in [3.63, 3.8) is 0 Å². The number of halogens is 1. The van der Waals surface area contributed by atoms with E-state index in [0.29, 0.717) is 5.02 Å². The Hall–Kier alpha value is -3.11. The van der Waals surface area contributed by atoms with Crippen LogP contribution in [0, 0.1) is 0 Å². The fourth-order valence-electron chi connectivity index (χ4n) is 3.12. The number of ether oxygens (including phenoxy) is 1. The predicted octanol–water partition coefficient (Wildman–Crippen LogP) is 4.89. The summed E-state index contributed by atoms with van der Waals surface area (Å²) in [4.78, 5) is 25.1. The first kappa shape index (κ1) is 20.6. The molecule has 3 rings (SSSR count). The third-order valence-corrected chi connectivity index (χ3v) is 4.81. The van der Waals surface area contributed by atoms with Crippen LogP contribution < -0.4 is 5.32 Å². The maximum absolute atomic E-state index is 12.8. The first-order valence-corrected chi connectivity index (χ1v) is 9.74. The van der Waals surface area contributed by atoms with Gasteiger partial charge in [-0.05, 0) is 35.7 Å². The highest BCUT2D eigenvalue weighted by molar-refractivity contribution is 6.30. The van der Waals surface area contributed by atoms with E-state index in [1.807, 2.05) is 79.7 Å². The van der Waals surface area contributed by atoms with Crippen LogP contribution in [0.1, 0.15) is 35.6 Å². The van der Waals surface area contributed by atoms with E-state index in [9.17, 15) is 9.59 Å². The summed E-state index contributed by atoms with van der Waals surface area (Å²) in [6, 6.07) is 25.8. The maximum Gasteiger partial charge on any atom is 0.318 e. The lowest BCUT2D eigenvalue weighted by Crippen LogP contribution is -2.32. The molecule has 148 valence electrons. The van der Waals surface area contributed by atoms with Crippen LogP contribution in [-0.2, 0) is 14.3 Å². The lowest BCUT2D eigenvalue weighted by atomic mass is 9.91. The van der Waals surface area contributed by atoms with Gasteiger partial charge < -0.3 is 10.1 Å². The summed E-state index contributed by atoms with van der Waals surface area (Å²) in [5.41, 5.74) is 2.51. The molecular formula is C24H22ClNO3. The molecule has 0 bridgehead atoms. The molecule has 0 spiro atoms. The Labute approximate surface area is 175 Å². The molecule has 3 aromatic rings. The Morgan fingerprint density at radius 1 is 0.862 bits per heavy atom. The third-order valence-electron chi connectivity index (χ3n) is 4.57. The van der Waals surface area contributed by atoms with Crippen molar-refractivity contribution in [1.29, 1.82) is 0 Å². The van der Waals surface area contributed by atoms with Crippen molar-refractivity contribution >= 4 is 23.5 Å². The highest BCUT2D eigenvalue weighted by Crippen LogP contribution is 2.26. The van der Waals surface area contributed by atoms with Crippen LogP contribution in [0.3, 0.4) is 0 Å². The molecule has 3 aromatic carbocycles. The summed E-state index contributed by atoms with van der Waals surface area (Å²) < 4.78 is 5.36. The van der Waals surface area contributed by atoms with E-state index >= 15 is 0 Å². The van der Waals surface area contributed by atoms with Crippen LogP contribution in [0.5, 0.6) is 0 Å². The average Bonchev–Trinajstić information content (AvgIpc) is 2.74. The number of carbonyl (C=O) groups is 2. The van der Waals surface area contributed by atoms with Gasteiger partial charge in [-0.2, -0.15) is 0 Å². The Bertz CT molecular complexity index is 921. The van der Waals surface area contributed by atoms with E-state index in [1.165, 1.54) is 0 Å². The number of rotatable bonds is 7. The predicted molar refractivity (Wildman–Crippen MR) is 114 cm³/mol. The molecule has 0 aliphatic carbocycles. The van der Waals surface area contributed by atoms with E-state index in [0.717, 1.165) is 16.7 Å². The standard InChI is InChI=1S/C24H22ClNO3/c1-17(20-13-8-14-21(25)15-20)26-22(27)16-29-24(28)23(18-9-4-2-5-10-18)19-11-6-3-7-12-19/h2-15,17,23H,16H2,1H3,(H,26,27)/t17-/m0/s1. The number of nitrogens with one attached hydrogen (secondary N) is 1. The number of hydrogen-bond acceptors (Lipinski definition) is 3. The second kappa shape index (κ2) is 9.89. The van der Waals surface area contributed by atoms with Crippen molar-refractivity contribution in [1.82, 2.24) is 5.32 Å². The van der Waals surface area contributed by atoms with Crippen LogP contribution in [0.2, 0.25) is 5.02 Å². The van der Waals surface area contributed by atoms with Crippen molar-refractivity contribution in [2.75, 3.05) is 6.61 Å². The highest BCUT2D eigenvalue weighted by Gasteiger charge is 2.25. The first-order chi connectivity index (χ1) is 14.0. The minimum atomic E-state index is -0.587. The zero-order chi connectivity index (χ0) is 20.6. The monoisotopic (exact) mass is 407 g/mol. The summed E-state index contributed by atoms with van der Waals surface area (Å²) in [5, 5.41) is 3.42. The minimum absolute atomic E-state index is 0.251. The Morgan fingerprint density at radius 3 is 1.97 bits per heavy atom. The lowest BCUT2D eigenvalue weighted by Gasteiger charge is -2.18. The summed E-state index contributed by atoms with van der Waals surface area (Å²) in [6.45, 7) is 1.50. The van der Waals surface area contributed by atoms with Crippen LogP contribution in [0.15, 0.2) is 84.9 Å². The summed E-state index contributed by atoms with van der Waals surface area (Å²) >= 11 is 6.00. The van der Waals surface area contributed by atoms with E-state index < -0.39 is 11.9 Å². The van der Waals surface area contributed by atoms with Gasteiger partial charge in [-0.3, -0.25) is 9.59 Å². The minimum Gasteiger partial charge on any atom is -0.455 e. The molecule has 1 amide bonds. The van der Waals surface area contributed by atoms with Crippen LogP contribution in [0.4, 0.5) is 0 Å². The number of amides is 1. The fraction of sp³-hybridized carbons (Fsp3) is 0.167. The number of carbonyl (C=O) groups excluding carboxylic acids is 2. The van der Waals surface area contributed by atoms with Crippen LogP contribution in [-0.4, -0.2) is 18.5 Å². The molecule has 0 aliphatic heterocycles. The number of hydrogen-bond donors (Lipinski definition) is 1. The number of benzene rings is 3. The quantitative estimate of drug-likeness (QED) is 0.567. The van der Waals surface area contributed by atoms with Crippen molar-refractivity contribution in [3.8, 4) is 0 Å². The van der Waals surface area contributed by atoms with Crippen molar-refractivity contribution in [2.24, 2.45) is 0 Å². The second-order valence-corrected chi connectivity index (χ2v) is 7.14. The van der Waals surface area contributed by atoms with Gasteiger partial charge >= 0.3 is 5.97 Å². The summed E-state index contributed by atoms with van der Waals surface area (Å²) in [6.07, 6.45) is 0. The van der Waals surface area contributed by atoms with Gasteiger partial charge in [-0.1, -0.05) is 84.4 Å². The van der Waals surface area contributed by atoms with E-state index in [-0.39, 0.29) is 18.6 Å². The highest BCUT2D eigenvalue weighted by atomic mass is 35.5. The maximum atomic E-state index is 12.8. The summed E-state index contributed by atoms with van der Waals surface area (Å²) in [7, 11) is 0. The van der Waals surface area contributed by atoms with Gasteiger partial charge in [0.1, 0.15) is 5.92 Å². The van der Waals surface area contributed by atoms with Gasteiger partial charge in [-0.15, -0.1) is 0 Å². The van der Waals surface area contributed by atoms with Gasteiger partial charge in [0.25, 0.3) is 5.91 Å². The van der Waals surface area contributed by atoms with E-state index in [4.69, 9.17) is 16.3 Å². The van der Waals surface area contributed by atoms with Gasteiger partial charge in [0, 0.05) is 5.02 Å². The Morgan fingerprint density at radius 2 is 1.41 bits per heavy atom. The van der Waals surface area contributed by atoms with Crippen molar-refractivity contribution in [3.05, 3.63) is 107 Å². The van der Waals surface area contributed by atoms with Crippen LogP contribution in [0.25, 0.3) is 0 Å². The van der Waals surface area contributed by atoms with Crippen molar-refractivity contribution < 1.29 is 14.3 Å². The molecule has 0 unspecified atom stereocenters. The van der Waals surface area contributed by atoms with Crippen LogP contribution >= 0.6 is 11.6 Å². The van der Waals surface area contributed by atoms with Gasteiger partial charge in [0.05, 0.1) is 6.04 Å². The molecular weight excluding hydrogens is 386 g/mol. The first-order valence-electron chi connectivity index (χ1n) is 9.36. The molecule has 4 nitrogen and oxygen atoms in total. The molecule has 0 aliphatic rings. The smallest absolute Gasteiger partial charge is 0.318 e. The lowest BCUT2D eigenvalue weighted by molar-refractivity contribution is -0.149. The number of esters is 1. The van der Waals surface area contributed by atoms with Gasteiger partial charge in [-0.25, -0.2) is 0 Å². The molecule has 0 fully saturated rings. The Kier molecular flexibility index (Phi) is 7.04. The van der Waals surface area contributed by atoms with Gasteiger partial charge in [0.2, 0.25) is 0 Å². The second-order valence-electron chi connectivity index (χ2n) is 6.71. The molecule has 0 radical (unpaired) electrons. The topological polar surface area (TPSA) is 55.4 Å². The third kappa shape index (κ3) is 5.69. The van der Waals surface area contributed by atoms with E-state index in [1.54, 1.807) is 12.1 Å². The molecule has 29 heavy (non-hydrogen) atoms. The fourth-order valence-corrected chi connectivity index (χ4v) is 3.32. The summed E-state index contributed by atoms with van der Waals surface area (Å²) in [5.74, 6) is -1.42. The molecule has 1 atom stereocenters. The average molecular weight is 408 g/mol. The molecule has 0 aromatic heterocycles. The van der Waals surface area contributed by atoms with Gasteiger partial charge in [0.15, 0.2) is 6.61 Å². The Balaban J connectivity index is 1.65. The normalized spacial score (nSPS) is 11.7. The molecule has 0 heterocycles.